The molecule has 0 spiro atoms. The fourth-order valence-corrected chi connectivity index (χ4v) is 3.88. The van der Waals surface area contributed by atoms with E-state index in [2.05, 4.69) is 4.99 Å². The lowest BCUT2D eigenvalue weighted by Gasteiger charge is -2.17. The smallest absolute Gasteiger partial charge is 0.275 e. The maximum absolute atomic E-state index is 13.4. The Balaban J connectivity index is 1.54. The fraction of sp³-hybridized carbons (Fsp3) is 0.0370. The molecule has 0 aliphatic carbocycles. The molecule has 0 N–H and O–H groups in total. The van der Waals surface area contributed by atoms with Crippen LogP contribution >= 0.6 is 0 Å². The average Bonchev–Trinajstić information content (AvgIpc) is 3.11. The Bertz CT molecular complexity index is 1360. The Morgan fingerprint density at radius 1 is 0.697 bits per heavy atom. The van der Waals surface area contributed by atoms with Crippen LogP contribution in [-0.4, -0.2) is 11.6 Å². The summed E-state index contributed by atoms with van der Waals surface area (Å²) in [5, 5.41) is 0. The molecule has 4 aromatic rings. The highest BCUT2D eigenvalue weighted by molar-refractivity contribution is 6.56. The van der Waals surface area contributed by atoms with Crippen LogP contribution in [0.15, 0.2) is 108 Å². The molecule has 0 saturated heterocycles. The summed E-state index contributed by atoms with van der Waals surface area (Å²) in [5.74, 6) is -0.388. The number of nitrogens with zero attached hydrogens (tertiary/aromatic N) is 2. The molecule has 0 bridgehead atoms. The third-order valence-corrected chi connectivity index (χ3v) is 5.45. The SMILES string of the molecule is O=C1C(=Nc2cccc(C(F)(F)F)c2)c2ccccc2N1c1ccc(-c2ccccc2)cc1. The topological polar surface area (TPSA) is 32.7 Å². The number of para-hydroxylation sites is 1. The molecule has 1 aliphatic rings. The minimum absolute atomic E-state index is 0.0734. The molecule has 0 fully saturated rings. The first-order valence-electron chi connectivity index (χ1n) is 10.3. The lowest BCUT2D eigenvalue weighted by Crippen LogP contribution is -2.25. The van der Waals surface area contributed by atoms with Crippen LogP contribution in [0.4, 0.5) is 30.2 Å². The van der Waals surface area contributed by atoms with Crippen LogP contribution in [0.3, 0.4) is 0 Å². The van der Waals surface area contributed by atoms with Crippen LogP contribution in [-0.2, 0) is 11.0 Å². The Hall–Kier alpha value is -4.19. The number of hydrogen-bond donors (Lipinski definition) is 0. The number of rotatable bonds is 3. The molecule has 162 valence electrons. The summed E-state index contributed by atoms with van der Waals surface area (Å²) in [6.07, 6.45) is -4.49. The molecular formula is C27H17F3N2O. The van der Waals surface area contributed by atoms with E-state index in [4.69, 9.17) is 0 Å². The van der Waals surface area contributed by atoms with Gasteiger partial charge in [-0.3, -0.25) is 9.69 Å². The van der Waals surface area contributed by atoms with E-state index in [0.29, 0.717) is 16.9 Å². The second kappa shape index (κ2) is 8.06. The zero-order valence-corrected chi connectivity index (χ0v) is 17.3. The number of benzene rings is 4. The summed E-state index contributed by atoms with van der Waals surface area (Å²) in [6.45, 7) is 0. The van der Waals surface area contributed by atoms with Crippen molar-refractivity contribution in [3.63, 3.8) is 0 Å². The first-order valence-corrected chi connectivity index (χ1v) is 10.3. The first kappa shape index (κ1) is 20.7. The predicted molar refractivity (Wildman–Crippen MR) is 123 cm³/mol. The molecule has 6 heteroatoms. The van der Waals surface area contributed by atoms with Gasteiger partial charge in [0.1, 0.15) is 5.71 Å². The number of carbonyl (C=O) groups is 1. The molecule has 0 saturated carbocycles. The summed E-state index contributed by atoms with van der Waals surface area (Å²) in [5.41, 5.74) is 3.31. The van der Waals surface area contributed by atoms with E-state index in [1.165, 1.54) is 17.0 Å². The van der Waals surface area contributed by atoms with Gasteiger partial charge in [0.05, 0.1) is 16.9 Å². The van der Waals surface area contributed by atoms with Gasteiger partial charge in [-0.2, -0.15) is 13.2 Å². The zero-order valence-electron chi connectivity index (χ0n) is 17.3. The molecule has 0 radical (unpaired) electrons. The second-order valence-corrected chi connectivity index (χ2v) is 7.58. The number of hydrogen-bond acceptors (Lipinski definition) is 2. The van der Waals surface area contributed by atoms with Crippen molar-refractivity contribution < 1.29 is 18.0 Å². The normalized spacial score (nSPS) is 14.6. The van der Waals surface area contributed by atoms with E-state index >= 15 is 0 Å². The largest absolute Gasteiger partial charge is 0.416 e. The average molecular weight is 442 g/mol. The van der Waals surface area contributed by atoms with E-state index < -0.39 is 11.7 Å². The lowest BCUT2D eigenvalue weighted by molar-refractivity contribution is -0.137. The van der Waals surface area contributed by atoms with Gasteiger partial charge in [0.2, 0.25) is 0 Å². The van der Waals surface area contributed by atoms with Gasteiger partial charge in [-0.05, 0) is 47.5 Å². The van der Waals surface area contributed by atoms with E-state index in [1.807, 2.05) is 60.7 Å². The quantitative estimate of drug-likeness (QED) is 0.331. The Morgan fingerprint density at radius 2 is 1.36 bits per heavy atom. The fourth-order valence-electron chi connectivity index (χ4n) is 3.88. The number of halogens is 3. The van der Waals surface area contributed by atoms with Gasteiger partial charge in [-0.1, -0.05) is 66.7 Å². The highest BCUT2D eigenvalue weighted by Gasteiger charge is 2.35. The van der Waals surface area contributed by atoms with E-state index in [9.17, 15) is 18.0 Å². The number of carbonyl (C=O) groups excluding carboxylic acids is 1. The maximum Gasteiger partial charge on any atom is 0.416 e. The maximum atomic E-state index is 13.4. The van der Waals surface area contributed by atoms with Crippen LogP contribution < -0.4 is 4.90 Å². The van der Waals surface area contributed by atoms with Crippen molar-refractivity contribution in [2.45, 2.75) is 6.18 Å². The van der Waals surface area contributed by atoms with Crippen molar-refractivity contribution in [3.05, 3.63) is 114 Å². The van der Waals surface area contributed by atoms with Crippen LogP contribution in [0.1, 0.15) is 11.1 Å². The van der Waals surface area contributed by atoms with Gasteiger partial charge in [-0.25, -0.2) is 4.99 Å². The van der Waals surface area contributed by atoms with Crippen LogP contribution in [0.5, 0.6) is 0 Å². The van der Waals surface area contributed by atoms with Crippen molar-refractivity contribution >= 4 is 28.7 Å². The number of aliphatic imine (C=N–C) groups is 1. The van der Waals surface area contributed by atoms with Crippen LogP contribution in [0.2, 0.25) is 0 Å². The summed E-state index contributed by atoms with van der Waals surface area (Å²) in [7, 11) is 0. The van der Waals surface area contributed by atoms with Crippen LogP contribution in [0.25, 0.3) is 11.1 Å². The summed E-state index contributed by atoms with van der Waals surface area (Å²) >= 11 is 0. The highest BCUT2D eigenvalue weighted by atomic mass is 19.4. The number of amides is 1. The Labute approximate surface area is 188 Å². The van der Waals surface area contributed by atoms with Gasteiger partial charge >= 0.3 is 6.18 Å². The molecule has 5 rings (SSSR count). The molecular weight excluding hydrogens is 425 g/mol. The Morgan fingerprint density at radius 3 is 2.09 bits per heavy atom. The third kappa shape index (κ3) is 3.91. The van der Waals surface area contributed by atoms with Gasteiger partial charge in [0, 0.05) is 11.3 Å². The predicted octanol–water partition coefficient (Wildman–Crippen LogP) is 7.17. The van der Waals surface area contributed by atoms with E-state index in [0.717, 1.165) is 23.3 Å². The molecule has 1 heterocycles. The minimum atomic E-state index is -4.49. The molecule has 0 unspecified atom stereocenters. The van der Waals surface area contributed by atoms with Crippen molar-refractivity contribution in [2.24, 2.45) is 4.99 Å². The van der Waals surface area contributed by atoms with Crippen molar-refractivity contribution in [1.29, 1.82) is 0 Å². The van der Waals surface area contributed by atoms with Gasteiger partial charge in [-0.15, -0.1) is 0 Å². The molecule has 0 atom stereocenters. The standard InChI is InChI=1S/C27H17F3N2O/c28-27(29,30)20-9-6-10-21(17-20)31-25-23-11-4-5-12-24(23)32(26(25)33)22-15-13-19(14-16-22)18-7-2-1-3-8-18/h1-17H. The summed E-state index contributed by atoms with van der Waals surface area (Å²) < 4.78 is 39.3. The monoisotopic (exact) mass is 442 g/mol. The molecule has 33 heavy (non-hydrogen) atoms. The van der Waals surface area contributed by atoms with Crippen molar-refractivity contribution in [1.82, 2.24) is 0 Å². The van der Waals surface area contributed by atoms with Crippen molar-refractivity contribution in [2.75, 3.05) is 4.90 Å². The van der Waals surface area contributed by atoms with Crippen LogP contribution in [0, 0.1) is 0 Å². The molecule has 0 aromatic heterocycles. The van der Waals surface area contributed by atoms with Gasteiger partial charge in [0.15, 0.2) is 0 Å². The first-order chi connectivity index (χ1) is 15.9. The number of alkyl halides is 3. The number of fused-ring (bicyclic) bond motifs is 1. The second-order valence-electron chi connectivity index (χ2n) is 7.58. The molecule has 4 aromatic carbocycles. The van der Waals surface area contributed by atoms with E-state index in [-0.39, 0.29) is 17.3 Å². The summed E-state index contributed by atoms with van der Waals surface area (Å²) in [6, 6.07) is 29.2. The minimum Gasteiger partial charge on any atom is -0.275 e. The van der Waals surface area contributed by atoms with Crippen molar-refractivity contribution in [3.8, 4) is 11.1 Å². The Kier molecular flexibility index (Phi) is 5.05. The third-order valence-electron chi connectivity index (χ3n) is 5.45. The summed E-state index contributed by atoms with van der Waals surface area (Å²) in [4.78, 5) is 19.2. The zero-order chi connectivity index (χ0) is 23.0. The lowest BCUT2D eigenvalue weighted by atomic mass is 10.1. The van der Waals surface area contributed by atoms with E-state index in [1.54, 1.807) is 18.2 Å². The molecule has 1 amide bonds. The molecule has 1 aliphatic heterocycles. The van der Waals surface area contributed by atoms with Gasteiger partial charge < -0.3 is 0 Å². The van der Waals surface area contributed by atoms with Gasteiger partial charge in [0.25, 0.3) is 5.91 Å². The highest BCUT2D eigenvalue weighted by Crippen LogP contribution is 2.38. The number of anilines is 2. The molecule has 3 nitrogen and oxygen atoms in total.